The summed E-state index contributed by atoms with van der Waals surface area (Å²) >= 11 is 0. The quantitative estimate of drug-likeness (QED) is 0.389. The van der Waals surface area contributed by atoms with E-state index < -0.39 is 0 Å². The fraction of sp³-hybridized carbons (Fsp3) is 0.269. The fourth-order valence-corrected chi connectivity index (χ4v) is 3.63. The zero-order valence-electron chi connectivity index (χ0n) is 19.5. The van der Waals surface area contributed by atoms with E-state index in [2.05, 4.69) is 15.2 Å². The van der Waals surface area contributed by atoms with Gasteiger partial charge in [0.25, 0.3) is 11.8 Å². The summed E-state index contributed by atoms with van der Waals surface area (Å²) in [5, 5.41) is 17.6. The number of benzene rings is 2. The van der Waals surface area contributed by atoms with E-state index in [4.69, 9.17) is 14.5 Å². The van der Waals surface area contributed by atoms with E-state index in [9.17, 15) is 4.79 Å². The van der Waals surface area contributed by atoms with Crippen LogP contribution < -0.4 is 0 Å². The molecule has 4 rings (SSSR count). The van der Waals surface area contributed by atoms with Gasteiger partial charge in [0.1, 0.15) is 5.69 Å². The second kappa shape index (κ2) is 10.4. The lowest BCUT2D eigenvalue weighted by atomic mass is 10.0. The van der Waals surface area contributed by atoms with Crippen LogP contribution in [0, 0.1) is 6.92 Å². The van der Waals surface area contributed by atoms with Gasteiger partial charge < -0.3 is 14.4 Å². The summed E-state index contributed by atoms with van der Waals surface area (Å²) in [6.45, 7) is 2.02. The molecule has 176 valence electrons. The predicted molar refractivity (Wildman–Crippen MR) is 131 cm³/mol. The summed E-state index contributed by atoms with van der Waals surface area (Å²) in [7, 11) is 3.44. The lowest BCUT2D eigenvalue weighted by molar-refractivity contribution is 0.0827. The lowest BCUT2D eigenvalue weighted by Crippen LogP contribution is -2.21. The molecule has 2 heterocycles. The number of aliphatic hydroxyl groups excluding tert-OH is 1. The Kier molecular flexibility index (Phi) is 7.08. The highest BCUT2D eigenvalue weighted by Crippen LogP contribution is 2.29. The number of aromatic nitrogens is 4. The van der Waals surface area contributed by atoms with E-state index in [-0.39, 0.29) is 13.9 Å². The zero-order chi connectivity index (χ0) is 24.1. The monoisotopic (exact) mass is 459 g/mol. The second-order valence-electron chi connectivity index (χ2n) is 8.22. The molecule has 0 atom stereocenters. The zero-order valence-corrected chi connectivity index (χ0v) is 19.5. The van der Waals surface area contributed by atoms with Gasteiger partial charge in [-0.25, -0.2) is 4.98 Å². The van der Waals surface area contributed by atoms with Gasteiger partial charge in [-0.1, -0.05) is 30.3 Å². The summed E-state index contributed by atoms with van der Waals surface area (Å²) in [5.41, 5.74) is 5.24. The van der Waals surface area contributed by atoms with E-state index in [1.54, 1.807) is 32.4 Å². The Morgan fingerprint density at radius 1 is 1.03 bits per heavy atom. The highest BCUT2D eigenvalue weighted by Gasteiger charge is 2.18. The number of hydrogen-bond acceptors (Lipinski definition) is 7. The molecule has 0 spiro atoms. The Hall–Kier alpha value is -3.91. The van der Waals surface area contributed by atoms with Crippen LogP contribution in [0.1, 0.15) is 35.9 Å². The van der Waals surface area contributed by atoms with E-state index in [0.29, 0.717) is 34.4 Å². The molecule has 0 radical (unpaired) electrons. The third-order valence-corrected chi connectivity index (χ3v) is 5.52. The Balaban J connectivity index is 0.00000342. The van der Waals surface area contributed by atoms with E-state index in [1.165, 1.54) is 4.90 Å². The topological polar surface area (TPSA) is 105 Å². The van der Waals surface area contributed by atoms with Crippen molar-refractivity contribution in [3.8, 4) is 34.3 Å². The summed E-state index contributed by atoms with van der Waals surface area (Å²) in [6.07, 6.45) is 4.12. The van der Waals surface area contributed by atoms with Crippen molar-refractivity contribution in [2.45, 2.75) is 26.2 Å². The largest absolute Gasteiger partial charge is 0.415 e. The third kappa shape index (κ3) is 5.02. The first-order valence-electron chi connectivity index (χ1n) is 11.2. The maximum atomic E-state index is 12.2. The van der Waals surface area contributed by atoms with E-state index in [1.807, 2.05) is 43.3 Å². The van der Waals surface area contributed by atoms with Crippen molar-refractivity contribution in [3.05, 3.63) is 71.5 Å². The van der Waals surface area contributed by atoms with Crippen LogP contribution in [0.3, 0.4) is 0 Å². The van der Waals surface area contributed by atoms with Gasteiger partial charge >= 0.3 is 0 Å². The number of carbonyl (C=O) groups is 1. The van der Waals surface area contributed by atoms with Crippen molar-refractivity contribution in [2.24, 2.45) is 0 Å². The Labute approximate surface area is 199 Å². The lowest BCUT2D eigenvalue weighted by Gasteiger charge is -2.10. The van der Waals surface area contributed by atoms with E-state index in [0.717, 1.165) is 36.0 Å². The van der Waals surface area contributed by atoms with Gasteiger partial charge in [-0.05, 0) is 49.9 Å². The number of nitrogens with zero attached hydrogens (tertiary/aromatic N) is 5. The van der Waals surface area contributed by atoms with Crippen LogP contribution >= 0.6 is 0 Å². The molecule has 0 saturated carbocycles. The van der Waals surface area contributed by atoms with Crippen molar-refractivity contribution in [1.29, 1.82) is 0 Å². The van der Waals surface area contributed by atoms with Gasteiger partial charge in [-0.15, -0.1) is 10.2 Å². The molecule has 0 bridgehead atoms. The molecule has 0 aliphatic heterocycles. The Morgan fingerprint density at radius 2 is 1.76 bits per heavy atom. The van der Waals surface area contributed by atoms with Crippen LogP contribution in [0.5, 0.6) is 0 Å². The molecule has 0 aliphatic rings. The number of amides is 1. The third-order valence-electron chi connectivity index (χ3n) is 5.52. The van der Waals surface area contributed by atoms with Gasteiger partial charge in [0.15, 0.2) is 0 Å². The number of rotatable bonds is 8. The maximum Gasteiger partial charge on any atom is 0.268 e. The van der Waals surface area contributed by atoms with Crippen LogP contribution in [0.15, 0.2) is 59.1 Å². The van der Waals surface area contributed by atoms with Gasteiger partial charge in [-0.2, -0.15) is 0 Å². The molecular formula is C26H29N5O3. The Morgan fingerprint density at radius 3 is 2.50 bits per heavy atom. The van der Waals surface area contributed by atoms with Crippen molar-refractivity contribution >= 4 is 5.91 Å². The van der Waals surface area contributed by atoms with Crippen molar-refractivity contribution in [2.75, 3.05) is 20.7 Å². The van der Waals surface area contributed by atoms with Gasteiger partial charge in [0, 0.05) is 38.8 Å². The summed E-state index contributed by atoms with van der Waals surface area (Å²) < 4.78 is 6.03. The molecule has 0 aliphatic carbocycles. The van der Waals surface area contributed by atoms with E-state index >= 15 is 0 Å². The molecule has 0 saturated heterocycles. The van der Waals surface area contributed by atoms with Crippen molar-refractivity contribution < 1.29 is 15.7 Å². The van der Waals surface area contributed by atoms with Gasteiger partial charge in [-0.3, -0.25) is 9.78 Å². The normalized spacial score (nSPS) is 10.9. The SMILES string of the molecule is Cc1ncc(-c2ccc(C(=O)N(C)C)cc2)nc1-c1nnc(-c2ccccc2CCCCO)o1.[HH]. The molecule has 2 aromatic carbocycles. The number of unbranched alkanes of at least 4 members (excludes halogenated alkanes) is 1. The smallest absolute Gasteiger partial charge is 0.268 e. The van der Waals surface area contributed by atoms with Crippen molar-refractivity contribution in [1.82, 2.24) is 25.1 Å². The molecule has 8 heteroatoms. The molecule has 8 nitrogen and oxygen atoms in total. The molecule has 2 aromatic heterocycles. The molecule has 0 unspecified atom stereocenters. The number of aryl methyl sites for hydroxylation is 2. The second-order valence-corrected chi connectivity index (χ2v) is 8.22. The summed E-state index contributed by atoms with van der Waals surface area (Å²) in [4.78, 5) is 22.9. The minimum Gasteiger partial charge on any atom is -0.415 e. The van der Waals surface area contributed by atoms with Crippen LogP contribution in [0.25, 0.3) is 34.3 Å². The standard InChI is InChI=1S/C26H27N5O3.H2/c1-17-23(28-22(16-27-17)19-11-13-20(14-12-19)26(33)31(2)3)25-30-29-24(34-25)21-10-5-4-8-18(21)9-6-7-15-32;/h4-5,8,10-14,16,32H,6-7,9,15H2,1-3H3;1H. The summed E-state index contributed by atoms with van der Waals surface area (Å²) in [6, 6.07) is 15.2. The van der Waals surface area contributed by atoms with Crippen molar-refractivity contribution in [3.63, 3.8) is 0 Å². The maximum absolute atomic E-state index is 12.2. The molecule has 1 amide bonds. The molecule has 0 fully saturated rings. The molecular weight excluding hydrogens is 430 g/mol. The fourth-order valence-electron chi connectivity index (χ4n) is 3.63. The first kappa shape index (κ1) is 23.3. The molecule has 1 N–H and O–H groups in total. The first-order chi connectivity index (χ1) is 16.5. The minimum atomic E-state index is -0.0581. The molecule has 34 heavy (non-hydrogen) atoms. The van der Waals surface area contributed by atoms with Gasteiger partial charge in [0.2, 0.25) is 5.89 Å². The number of aliphatic hydroxyl groups is 1. The van der Waals surface area contributed by atoms with Crippen LogP contribution in [-0.2, 0) is 6.42 Å². The van der Waals surface area contributed by atoms with Crippen LogP contribution in [0.2, 0.25) is 0 Å². The number of hydrogen-bond donors (Lipinski definition) is 1. The van der Waals surface area contributed by atoms with Gasteiger partial charge in [0.05, 0.1) is 17.6 Å². The highest BCUT2D eigenvalue weighted by atomic mass is 16.4. The first-order valence-corrected chi connectivity index (χ1v) is 11.2. The van der Waals surface area contributed by atoms with Crippen LogP contribution in [-0.4, -0.2) is 56.8 Å². The highest BCUT2D eigenvalue weighted by molar-refractivity contribution is 5.94. The molecule has 4 aromatic rings. The average molecular weight is 460 g/mol. The van der Waals surface area contributed by atoms with Crippen LogP contribution in [0.4, 0.5) is 0 Å². The number of carbonyl (C=O) groups excluding carboxylic acids is 1. The predicted octanol–water partition coefficient (Wildman–Crippen LogP) is 4.43. The Bertz CT molecular complexity index is 1290. The minimum absolute atomic E-state index is 0. The average Bonchev–Trinajstić information content (AvgIpc) is 3.34. The summed E-state index contributed by atoms with van der Waals surface area (Å²) in [5.74, 6) is 0.663.